The van der Waals surface area contributed by atoms with Crippen molar-refractivity contribution in [2.75, 3.05) is 26.7 Å². The fourth-order valence-electron chi connectivity index (χ4n) is 2.73. The highest BCUT2D eigenvalue weighted by atomic mass is 32.1. The Hall–Kier alpha value is -0.870. The van der Waals surface area contributed by atoms with Crippen molar-refractivity contribution in [3.8, 4) is 0 Å². The normalized spacial score (nSPS) is 18.5. The molecule has 106 valence electrons. The van der Waals surface area contributed by atoms with Crippen LogP contribution in [0.3, 0.4) is 0 Å². The van der Waals surface area contributed by atoms with Crippen LogP contribution in [0.25, 0.3) is 0 Å². The minimum Gasteiger partial charge on any atom is -0.342 e. The maximum absolute atomic E-state index is 12.4. The van der Waals surface area contributed by atoms with Gasteiger partial charge in [0.1, 0.15) is 0 Å². The molecule has 4 heteroatoms. The van der Waals surface area contributed by atoms with E-state index in [2.05, 4.69) is 21.7 Å². The van der Waals surface area contributed by atoms with Crippen molar-refractivity contribution < 1.29 is 4.79 Å². The lowest BCUT2D eigenvalue weighted by Crippen LogP contribution is -2.40. The van der Waals surface area contributed by atoms with Gasteiger partial charge in [-0.3, -0.25) is 4.79 Å². The van der Waals surface area contributed by atoms with Gasteiger partial charge in [0.25, 0.3) is 0 Å². The van der Waals surface area contributed by atoms with Gasteiger partial charge in [-0.05, 0) is 68.1 Å². The Kier molecular flexibility index (Phi) is 5.40. The summed E-state index contributed by atoms with van der Waals surface area (Å²) in [6.07, 6.45) is 3.55. The molecule has 1 aliphatic rings. The molecule has 1 N–H and O–H groups in total. The topological polar surface area (TPSA) is 32.3 Å². The number of carbonyl (C=O) groups is 1. The summed E-state index contributed by atoms with van der Waals surface area (Å²) in [5, 5.41) is 7.34. The van der Waals surface area contributed by atoms with Crippen LogP contribution in [-0.2, 0) is 4.79 Å². The monoisotopic (exact) mass is 280 g/mol. The molecule has 19 heavy (non-hydrogen) atoms. The van der Waals surface area contributed by atoms with Crippen molar-refractivity contribution in [2.45, 2.75) is 32.1 Å². The second-order valence-electron chi connectivity index (χ2n) is 5.44. The number of nitrogens with zero attached hydrogens (tertiary/aromatic N) is 1. The van der Waals surface area contributed by atoms with Crippen LogP contribution in [0.4, 0.5) is 0 Å². The number of carbonyl (C=O) groups excluding carboxylic acids is 1. The van der Waals surface area contributed by atoms with E-state index in [4.69, 9.17) is 0 Å². The Morgan fingerprint density at radius 1 is 1.53 bits per heavy atom. The molecule has 0 aromatic carbocycles. The molecule has 0 radical (unpaired) electrons. The average molecular weight is 280 g/mol. The zero-order valence-corrected chi connectivity index (χ0v) is 12.7. The zero-order chi connectivity index (χ0) is 13.7. The van der Waals surface area contributed by atoms with Crippen molar-refractivity contribution in [3.63, 3.8) is 0 Å². The van der Waals surface area contributed by atoms with Gasteiger partial charge >= 0.3 is 0 Å². The number of likely N-dealkylation sites (tertiary alicyclic amines) is 1. The minimum atomic E-state index is 0.0140. The maximum Gasteiger partial charge on any atom is 0.229 e. The smallest absolute Gasteiger partial charge is 0.229 e. The highest BCUT2D eigenvalue weighted by Gasteiger charge is 2.26. The third-order valence-corrected chi connectivity index (χ3v) is 4.84. The molecule has 0 bridgehead atoms. The van der Waals surface area contributed by atoms with Gasteiger partial charge in [-0.1, -0.05) is 0 Å². The van der Waals surface area contributed by atoms with E-state index in [-0.39, 0.29) is 5.92 Å². The maximum atomic E-state index is 12.4. The Morgan fingerprint density at radius 3 is 2.84 bits per heavy atom. The van der Waals surface area contributed by atoms with Crippen LogP contribution in [0, 0.1) is 5.92 Å². The number of rotatable bonds is 5. The third kappa shape index (κ3) is 3.80. The van der Waals surface area contributed by atoms with Crippen molar-refractivity contribution in [1.82, 2.24) is 10.2 Å². The highest BCUT2D eigenvalue weighted by Crippen LogP contribution is 2.25. The first-order chi connectivity index (χ1) is 9.22. The first-order valence-corrected chi connectivity index (χ1v) is 8.12. The van der Waals surface area contributed by atoms with E-state index in [1.165, 1.54) is 6.42 Å². The summed E-state index contributed by atoms with van der Waals surface area (Å²) < 4.78 is 0. The molecule has 2 rings (SSSR count). The predicted molar refractivity (Wildman–Crippen MR) is 80.6 cm³/mol. The molecule has 1 aliphatic heterocycles. The number of nitrogens with one attached hydrogen (secondary N) is 1. The van der Waals surface area contributed by atoms with Gasteiger partial charge in [-0.2, -0.15) is 11.3 Å². The molecular formula is C15H24N2OS. The van der Waals surface area contributed by atoms with E-state index in [1.807, 2.05) is 19.4 Å². The summed E-state index contributed by atoms with van der Waals surface area (Å²) >= 11 is 1.66. The second-order valence-corrected chi connectivity index (χ2v) is 6.22. The van der Waals surface area contributed by atoms with Gasteiger partial charge in [-0.15, -0.1) is 0 Å². The predicted octanol–water partition coefficient (Wildman–Crippen LogP) is 2.70. The van der Waals surface area contributed by atoms with E-state index in [0.29, 0.717) is 5.91 Å². The molecule has 3 nitrogen and oxygen atoms in total. The Balaban J connectivity index is 1.82. The molecule has 1 atom stereocenters. The SMILES string of the molecule is CNCCC1CCN(C(=O)C(C)c2ccsc2)CC1. The van der Waals surface area contributed by atoms with Gasteiger partial charge in [-0.25, -0.2) is 0 Å². The van der Waals surface area contributed by atoms with Gasteiger partial charge in [0.15, 0.2) is 0 Å². The van der Waals surface area contributed by atoms with Crippen LogP contribution in [0.15, 0.2) is 16.8 Å². The van der Waals surface area contributed by atoms with Crippen LogP contribution in [0.1, 0.15) is 37.7 Å². The molecule has 0 saturated carbocycles. The molecule has 1 aromatic heterocycles. The Bertz CT molecular complexity index is 383. The lowest BCUT2D eigenvalue weighted by Gasteiger charge is -2.33. The van der Waals surface area contributed by atoms with Crippen LogP contribution < -0.4 is 5.32 Å². The highest BCUT2D eigenvalue weighted by molar-refractivity contribution is 7.08. The quantitative estimate of drug-likeness (QED) is 0.899. The molecule has 1 amide bonds. The number of hydrogen-bond acceptors (Lipinski definition) is 3. The first kappa shape index (κ1) is 14.5. The zero-order valence-electron chi connectivity index (χ0n) is 11.9. The summed E-state index contributed by atoms with van der Waals surface area (Å²) in [6.45, 7) is 4.98. The first-order valence-electron chi connectivity index (χ1n) is 7.18. The van der Waals surface area contributed by atoms with Crippen LogP contribution >= 0.6 is 11.3 Å². The molecule has 1 saturated heterocycles. The fraction of sp³-hybridized carbons (Fsp3) is 0.667. The second kappa shape index (κ2) is 7.06. The molecule has 1 unspecified atom stereocenters. The number of thiophene rings is 1. The standard InChI is InChI=1S/C15H24N2OS/c1-12(14-6-10-19-11-14)15(18)17-8-4-13(5-9-17)3-7-16-2/h6,10-13,16H,3-5,7-9H2,1-2H3. The molecule has 1 aromatic rings. The van der Waals surface area contributed by atoms with E-state index in [9.17, 15) is 4.79 Å². The van der Waals surface area contributed by atoms with E-state index in [1.54, 1.807) is 11.3 Å². The molecule has 0 aliphatic carbocycles. The molecule has 2 heterocycles. The van der Waals surface area contributed by atoms with Crippen molar-refractivity contribution in [3.05, 3.63) is 22.4 Å². The molecule has 1 fully saturated rings. The minimum absolute atomic E-state index is 0.0140. The van der Waals surface area contributed by atoms with Crippen molar-refractivity contribution in [1.29, 1.82) is 0 Å². The largest absolute Gasteiger partial charge is 0.342 e. The number of piperidine rings is 1. The van der Waals surface area contributed by atoms with Gasteiger partial charge in [0.2, 0.25) is 5.91 Å². The Morgan fingerprint density at radius 2 is 2.26 bits per heavy atom. The summed E-state index contributed by atoms with van der Waals surface area (Å²) in [4.78, 5) is 14.5. The number of hydrogen-bond donors (Lipinski definition) is 1. The summed E-state index contributed by atoms with van der Waals surface area (Å²) in [6, 6.07) is 2.06. The third-order valence-electron chi connectivity index (χ3n) is 4.14. The summed E-state index contributed by atoms with van der Waals surface area (Å²) in [5.41, 5.74) is 1.16. The lowest BCUT2D eigenvalue weighted by molar-refractivity contribution is -0.133. The Labute approximate surface area is 120 Å². The van der Waals surface area contributed by atoms with Gasteiger partial charge in [0, 0.05) is 13.1 Å². The van der Waals surface area contributed by atoms with Crippen LogP contribution in [-0.4, -0.2) is 37.5 Å². The molecule has 0 spiro atoms. The van der Waals surface area contributed by atoms with Gasteiger partial charge < -0.3 is 10.2 Å². The summed E-state index contributed by atoms with van der Waals surface area (Å²) in [7, 11) is 2.00. The van der Waals surface area contributed by atoms with Crippen molar-refractivity contribution in [2.24, 2.45) is 5.92 Å². The van der Waals surface area contributed by atoms with E-state index in [0.717, 1.165) is 44.0 Å². The van der Waals surface area contributed by atoms with Gasteiger partial charge in [0.05, 0.1) is 5.92 Å². The fourth-order valence-corrected chi connectivity index (χ4v) is 3.48. The average Bonchev–Trinajstić information content (AvgIpc) is 2.98. The van der Waals surface area contributed by atoms with Crippen LogP contribution in [0.5, 0.6) is 0 Å². The van der Waals surface area contributed by atoms with E-state index >= 15 is 0 Å². The van der Waals surface area contributed by atoms with E-state index < -0.39 is 0 Å². The van der Waals surface area contributed by atoms with Crippen LogP contribution in [0.2, 0.25) is 0 Å². The van der Waals surface area contributed by atoms with Crippen molar-refractivity contribution >= 4 is 17.2 Å². The number of amides is 1. The summed E-state index contributed by atoms with van der Waals surface area (Å²) in [5.74, 6) is 1.10. The molecular weight excluding hydrogens is 256 g/mol. The lowest BCUT2D eigenvalue weighted by atomic mass is 9.92.